The molecule has 0 radical (unpaired) electrons. The van der Waals surface area contributed by atoms with Crippen LogP contribution in [0.15, 0.2) is 30.3 Å². The minimum atomic E-state index is -0.298. The van der Waals surface area contributed by atoms with Crippen molar-refractivity contribution in [2.75, 3.05) is 11.9 Å². The topological polar surface area (TPSA) is 67.4 Å². The SMILES string of the molecule is CC(=O)c1cc(C(=O)Nc2cc(Cl)c3c(c2)CNCC3)ccc1OC(C)C. The van der Waals surface area contributed by atoms with Crippen LogP contribution in [0.5, 0.6) is 5.75 Å². The molecule has 1 aliphatic heterocycles. The second-order valence-electron chi connectivity index (χ2n) is 6.91. The molecule has 0 unspecified atom stereocenters. The summed E-state index contributed by atoms with van der Waals surface area (Å²) in [7, 11) is 0. The Hall–Kier alpha value is -2.37. The minimum absolute atomic E-state index is 0.0611. The highest BCUT2D eigenvalue weighted by molar-refractivity contribution is 6.32. The van der Waals surface area contributed by atoms with Crippen LogP contribution in [0.2, 0.25) is 5.02 Å². The number of ketones is 1. The van der Waals surface area contributed by atoms with Gasteiger partial charge < -0.3 is 15.4 Å². The van der Waals surface area contributed by atoms with Crippen molar-refractivity contribution >= 4 is 29.0 Å². The molecule has 0 fully saturated rings. The summed E-state index contributed by atoms with van der Waals surface area (Å²) in [5, 5.41) is 6.83. The molecular weight excluding hydrogens is 364 g/mol. The Morgan fingerprint density at radius 3 is 2.70 bits per heavy atom. The van der Waals surface area contributed by atoms with Gasteiger partial charge in [-0.25, -0.2) is 0 Å². The maximum Gasteiger partial charge on any atom is 0.255 e. The third-order valence-electron chi connectivity index (χ3n) is 4.40. The summed E-state index contributed by atoms with van der Waals surface area (Å²) in [6.45, 7) is 6.87. The number of carbonyl (C=O) groups is 2. The molecule has 1 amide bonds. The maximum absolute atomic E-state index is 12.7. The first-order chi connectivity index (χ1) is 12.8. The standard InChI is InChI=1S/C21H23ClN2O3/c1-12(2)27-20-5-4-14(9-18(20)13(3)25)21(26)24-16-8-15-11-23-7-6-17(15)19(22)10-16/h4-5,8-10,12,23H,6-7,11H2,1-3H3,(H,24,26). The summed E-state index contributed by atoms with van der Waals surface area (Å²) >= 11 is 6.37. The Kier molecular flexibility index (Phi) is 5.82. The van der Waals surface area contributed by atoms with Gasteiger partial charge in [0.1, 0.15) is 5.75 Å². The van der Waals surface area contributed by atoms with Crippen molar-refractivity contribution in [3.05, 3.63) is 57.6 Å². The van der Waals surface area contributed by atoms with Crippen LogP contribution in [-0.2, 0) is 13.0 Å². The zero-order valence-corrected chi connectivity index (χ0v) is 16.4. The van der Waals surface area contributed by atoms with Crippen LogP contribution < -0.4 is 15.4 Å². The van der Waals surface area contributed by atoms with Crippen molar-refractivity contribution in [2.45, 2.75) is 39.8 Å². The highest BCUT2D eigenvalue weighted by atomic mass is 35.5. The van der Waals surface area contributed by atoms with Crippen molar-refractivity contribution in [1.82, 2.24) is 5.32 Å². The van der Waals surface area contributed by atoms with E-state index in [9.17, 15) is 9.59 Å². The number of hydrogen-bond acceptors (Lipinski definition) is 4. The largest absolute Gasteiger partial charge is 0.490 e. The van der Waals surface area contributed by atoms with Crippen LogP contribution in [0.1, 0.15) is 52.6 Å². The van der Waals surface area contributed by atoms with E-state index in [2.05, 4.69) is 10.6 Å². The van der Waals surface area contributed by atoms with Gasteiger partial charge in [0.15, 0.2) is 5.78 Å². The fourth-order valence-electron chi connectivity index (χ4n) is 3.15. The van der Waals surface area contributed by atoms with E-state index in [0.29, 0.717) is 27.6 Å². The van der Waals surface area contributed by atoms with Gasteiger partial charge in [-0.15, -0.1) is 0 Å². The summed E-state index contributed by atoms with van der Waals surface area (Å²) in [5.41, 5.74) is 3.64. The van der Waals surface area contributed by atoms with Crippen LogP contribution >= 0.6 is 11.6 Å². The molecule has 27 heavy (non-hydrogen) atoms. The highest BCUT2D eigenvalue weighted by Gasteiger charge is 2.17. The van der Waals surface area contributed by atoms with Gasteiger partial charge in [0.2, 0.25) is 0 Å². The van der Waals surface area contributed by atoms with Crippen molar-refractivity contribution in [2.24, 2.45) is 0 Å². The molecule has 0 aromatic heterocycles. The van der Waals surface area contributed by atoms with E-state index in [0.717, 1.165) is 30.6 Å². The van der Waals surface area contributed by atoms with Crippen molar-refractivity contribution in [3.8, 4) is 5.75 Å². The molecule has 2 aromatic rings. The predicted octanol–water partition coefficient (Wildman–Crippen LogP) is 4.23. The summed E-state index contributed by atoms with van der Waals surface area (Å²) in [4.78, 5) is 24.6. The van der Waals surface area contributed by atoms with Crippen LogP contribution in [-0.4, -0.2) is 24.3 Å². The smallest absolute Gasteiger partial charge is 0.255 e. The molecular formula is C21H23ClN2O3. The van der Waals surface area contributed by atoms with Crippen LogP contribution in [0, 0.1) is 0 Å². The lowest BCUT2D eigenvalue weighted by molar-refractivity contribution is 0.101. The molecule has 6 heteroatoms. The Balaban J connectivity index is 1.85. The molecule has 0 aliphatic carbocycles. The molecule has 2 aromatic carbocycles. The molecule has 0 saturated heterocycles. The van der Waals surface area contributed by atoms with E-state index < -0.39 is 0 Å². The van der Waals surface area contributed by atoms with Gasteiger partial charge in [-0.05, 0) is 75.2 Å². The number of Topliss-reactive ketones (excluding diaryl/α,β-unsaturated/α-hetero) is 1. The molecule has 1 heterocycles. The second kappa shape index (κ2) is 8.11. The number of nitrogens with one attached hydrogen (secondary N) is 2. The number of benzene rings is 2. The number of amides is 1. The van der Waals surface area contributed by atoms with Crippen LogP contribution in [0.25, 0.3) is 0 Å². The fourth-order valence-corrected chi connectivity index (χ4v) is 3.48. The number of rotatable bonds is 5. The first-order valence-corrected chi connectivity index (χ1v) is 9.38. The van der Waals surface area contributed by atoms with E-state index >= 15 is 0 Å². The summed E-state index contributed by atoms with van der Waals surface area (Å²) < 4.78 is 5.66. The summed E-state index contributed by atoms with van der Waals surface area (Å²) in [6, 6.07) is 8.59. The molecule has 5 nitrogen and oxygen atoms in total. The van der Waals surface area contributed by atoms with Crippen molar-refractivity contribution in [3.63, 3.8) is 0 Å². The lowest BCUT2D eigenvalue weighted by Gasteiger charge is -2.20. The third kappa shape index (κ3) is 4.49. The molecule has 1 aliphatic rings. The highest BCUT2D eigenvalue weighted by Crippen LogP contribution is 2.28. The van der Waals surface area contributed by atoms with Gasteiger partial charge >= 0.3 is 0 Å². The zero-order chi connectivity index (χ0) is 19.6. The third-order valence-corrected chi connectivity index (χ3v) is 4.73. The zero-order valence-electron chi connectivity index (χ0n) is 15.7. The number of anilines is 1. The Morgan fingerprint density at radius 2 is 2.00 bits per heavy atom. The summed E-state index contributed by atoms with van der Waals surface area (Å²) in [5.74, 6) is 0.0357. The summed E-state index contributed by atoms with van der Waals surface area (Å²) in [6.07, 6.45) is 0.816. The number of fused-ring (bicyclic) bond motifs is 1. The first-order valence-electron chi connectivity index (χ1n) is 9.00. The number of carbonyl (C=O) groups excluding carboxylic acids is 2. The number of hydrogen-bond donors (Lipinski definition) is 2. The van der Waals surface area contributed by atoms with Gasteiger partial charge in [-0.2, -0.15) is 0 Å². The minimum Gasteiger partial charge on any atom is -0.490 e. The first kappa shape index (κ1) is 19.4. The average molecular weight is 387 g/mol. The van der Waals surface area contributed by atoms with Gasteiger partial charge in [0.05, 0.1) is 11.7 Å². The van der Waals surface area contributed by atoms with E-state index in [4.69, 9.17) is 16.3 Å². The normalized spacial score (nSPS) is 13.2. The number of halogens is 1. The lowest BCUT2D eigenvalue weighted by Crippen LogP contribution is -2.24. The molecule has 0 bridgehead atoms. The average Bonchev–Trinajstić information content (AvgIpc) is 2.61. The van der Waals surface area contributed by atoms with Crippen molar-refractivity contribution < 1.29 is 14.3 Å². The quantitative estimate of drug-likeness (QED) is 0.754. The number of ether oxygens (including phenoxy) is 1. The molecule has 2 N–H and O–H groups in total. The molecule has 0 spiro atoms. The lowest BCUT2D eigenvalue weighted by atomic mass is 10.00. The monoisotopic (exact) mass is 386 g/mol. The van der Waals surface area contributed by atoms with Crippen LogP contribution in [0.3, 0.4) is 0 Å². The van der Waals surface area contributed by atoms with Crippen molar-refractivity contribution in [1.29, 1.82) is 0 Å². The van der Waals surface area contributed by atoms with E-state index in [1.807, 2.05) is 19.9 Å². The molecule has 0 saturated carbocycles. The van der Waals surface area contributed by atoms with E-state index in [-0.39, 0.29) is 17.8 Å². The molecule has 0 atom stereocenters. The fraction of sp³-hybridized carbons (Fsp3) is 0.333. The molecule has 142 valence electrons. The predicted molar refractivity (Wildman–Crippen MR) is 107 cm³/mol. The van der Waals surface area contributed by atoms with Gasteiger partial charge in [-0.1, -0.05) is 11.6 Å². The van der Waals surface area contributed by atoms with E-state index in [1.54, 1.807) is 24.3 Å². The van der Waals surface area contributed by atoms with Crippen LogP contribution in [0.4, 0.5) is 5.69 Å². The Labute approximate surface area is 164 Å². The Morgan fingerprint density at radius 1 is 1.22 bits per heavy atom. The van der Waals surface area contributed by atoms with E-state index in [1.165, 1.54) is 6.92 Å². The van der Waals surface area contributed by atoms with Gasteiger partial charge in [0.25, 0.3) is 5.91 Å². The van der Waals surface area contributed by atoms with Gasteiger partial charge in [0, 0.05) is 22.8 Å². The van der Waals surface area contributed by atoms with Gasteiger partial charge in [-0.3, -0.25) is 9.59 Å². The second-order valence-corrected chi connectivity index (χ2v) is 7.32. The Bertz CT molecular complexity index is 893. The maximum atomic E-state index is 12.7. The molecule has 3 rings (SSSR count).